The van der Waals surface area contributed by atoms with Gasteiger partial charge in [0.2, 0.25) is 0 Å². The van der Waals surface area contributed by atoms with Crippen LogP contribution in [0.2, 0.25) is 0 Å². The third-order valence-corrected chi connectivity index (χ3v) is 8.94. The van der Waals surface area contributed by atoms with Gasteiger partial charge in [-0.25, -0.2) is 0 Å². The maximum absolute atomic E-state index is 4.47. The monoisotopic (exact) mass is 542 g/mol. The van der Waals surface area contributed by atoms with Crippen LogP contribution >= 0.6 is 47.0 Å². The average molecular weight is 543 g/mol. The molecule has 4 aromatic rings. The van der Waals surface area contributed by atoms with E-state index in [4.69, 9.17) is 0 Å². The molecule has 0 spiro atoms. The minimum atomic E-state index is 0.976. The van der Waals surface area contributed by atoms with Gasteiger partial charge >= 0.3 is 0 Å². The fourth-order valence-electron chi connectivity index (χ4n) is 3.69. The van der Waals surface area contributed by atoms with Crippen LogP contribution in [0.15, 0.2) is 59.1 Å². The summed E-state index contributed by atoms with van der Waals surface area (Å²) in [5.74, 6) is 2.21. The van der Waals surface area contributed by atoms with Crippen LogP contribution in [-0.4, -0.2) is 39.0 Å². The van der Waals surface area contributed by atoms with Gasteiger partial charge in [0, 0.05) is 35.9 Å². The molecular formula is C25H30N6S4. The molecule has 10 heteroatoms. The Morgan fingerprint density at radius 3 is 1.37 bits per heavy atom. The van der Waals surface area contributed by atoms with Gasteiger partial charge in [0.05, 0.1) is 23.5 Å². The summed E-state index contributed by atoms with van der Waals surface area (Å²) in [6.07, 6.45) is 19.1. The summed E-state index contributed by atoms with van der Waals surface area (Å²) in [5, 5.41) is 2.08. The Bertz CT molecular complexity index is 1020. The average Bonchev–Trinajstić information content (AvgIpc) is 3.57. The number of hydrogen-bond donors (Lipinski definition) is 0. The van der Waals surface area contributed by atoms with Crippen molar-refractivity contribution >= 4 is 47.0 Å². The van der Waals surface area contributed by atoms with Gasteiger partial charge in [-0.15, -0.1) is 23.5 Å². The molecule has 6 nitrogen and oxygen atoms in total. The summed E-state index contributed by atoms with van der Waals surface area (Å²) in [6.45, 7) is 0. The van der Waals surface area contributed by atoms with E-state index in [1.54, 1.807) is 12.4 Å². The van der Waals surface area contributed by atoms with Gasteiger partial charge in [0.25, 0.3) is 0 Å². The largest absolute Gasteiger partial charge is 0.264 e. The Morgan fingerprint density at radius 2 is 0.971 bits per heavy atom. The van der Waals surface area contributed by atoms with Gasteiger partial charge < -0.3 is 0 Å². The highest BCUT2D eigenvalue weighted by molar-refractivity contribution is 7.99. The van der Waals surface area contributed by atoms with Crippen molar-refractivity contribution in [3.63, 3.8) is 0 Å². The van der Waals surface area contributed by atoms with Crippen LogP contribution in [0.1, 0.15) is 57.8 Å². The molecule has 0 aliphatic heterocycles. The van der Waals surface area contributed by atoms with Crippen LogP contribution in [0.5, 0.6) is 0 Å². The number of hydrogen-bond acceptors (Lipinski definition) is 10. The second-order valence-corrected chi connectivity index (χ2v) is 11.4. The zero-order chi connectivity index (χ0) is 24.0. The van der Waals surface area contributed by atoms with Crippen molar-refractivity contribution in [2.24, 2.45) is 0 Å². The lowest BCUT2D eigenvalue weighted by molar-refractivity contribution is 0.574. The zero-order valence-corrected chi connectivity index (χ0v) is 23.0. The van der Waals surface area contributed by atoms with Crippen molar-refractivity contribution in [2.75, 3.05) is 11.5 Å². The second-order valence-electron chi connectivity index (χ2n) is 8.20. The molecule has 0 amide bonds. The first-order valence-electron chi connectivity index (χ1n) is 12.1. The van der Waals surface area contributed by atoms with Gasteiger partial charge in [-0.2, -0.15) is 17.5 Å². The molecule has 0 saturated heterocycles. The molecule has 35 heavy (non-hydrogen) atoms. The Balaban J connectivity index is 0.984. The molecular weight excluding hydrogens is 513 g/mol. The van der Waals surface area contributed by atoms with E-state index in [2.05, 4.69) is 27.5 Å². The van der Waals surface area contributed by atoms with Crippen molar-refractivity contribution in [3.8, 4) is 22.5 Å². The normalized spacial score (nSPS) is 11.2. The molecule has 184 valence electrons. The van der Waals surface area contributed by atoms with Crippen LogP contribution in [0.25, 0.3) is 22.5 Å². The molecule has 0 saturated carbocycles. The summed E-state index contributed by atoms with van der Waals surface area (Å²) < 4.78 is 17.8. The number of rotatable bonds is 16. The van der Waals surface area contributed by atoms with Gasteiger partial charge in [-0.3, -0.25) is 9.97 Å². The zero-order valence-electron chi connectivity index (χ0n) is 19.7. The molecule has 4 heterocycles. The minimum absolute atomic E-state index is 0.976. The summed E-state index contributed by atoms with van der Waals surface area (Å²) in [4.78, 5) is 8.38. The van der Waals surface area contributed by atoms with E-state index in [0.717, 1.165) is 44.1 Å². The van der Waals surface area contributed by atoms with E-state index in [1.165, 1.54) is 81.2 Å². The number of unbranched alkanes of at least 4 members (excludes halogenated alkanes) is 8. The summed E-state index contributed by atoms with van der Waals surface area (Å²) in [5.41, 5.74) is 4.06. The molecule has 0 aliphatic rings. The molecule has 0 unspecified atom stereocenters. The van der Waals surface area contributed by atoms with E-state index < -0.39 is 0 Å². The third-order valence-electron chi connectivity index (χ3n) is 5.55. The van der Waals surface area contributed by atoms with Crippen LogP contribution in [-0.2, 0) is 0 Å². The predicted molar refractivity (Wildman–Crippen MR) is 149 cm³/mol. The van der Waals surface area contributed by atoms with Crippen molar-refractivity contribution in [1.29, 1.82) is 0 Å². The lowest BCUT2D eigenvalue weighted by atomic mass is 10.1. The first kappa shape index (κ1) is 26.2. The van der Waals surface area contributed by atoms with Crippen LogP contribution < -0.4 is 0 Å². The summed E-state index contributed by atoms with van der Waals surface area (Å²) in [7, 11) is 0. The van der Waals surface area contributed by atoms with Gasteiger partial charge in [-0.05, 0) is 48.6 Å². The van der Waals surface area contributed by atoms with Crippen molar-refractivity contribution in [1.82, 2.24) is 27.5 Å². The first-order valence-corrected chi connectivity index (χ1v) is 15.6. The highest BCUT2D eigenvalue weighted by Crippen LogP contribution is 2.31. The standard InChI is InChI=1S/C25H30N6S4/c1(2-4-6-8-16-32-24-22(28-34-30-24)20-12-10-14-26-18-20)3-5-7-9-17-33-25-23(29-35-31-25)21-13-11-15-27-19-21/h10-15,18-19H,1-9,16-17H2. The van der Waals surface area contributed by atoms with Crippen molar-refractivity contribution < 1.29 is 0 Å². The lowest BCUT2D eigenvalue weighted by Gasteiger charge is -2.04. The Hall–Kier alpha value is -1.88. The van der Waals surface area contributed by atoms with E-state index in [0.29, 0.717) is 0 Å². The minimum Gasteiger partial charge on any atom is -0.264 e. The van der Waals surface area contributed by atoms with E-state index in [1.807, 2.05) is 60.2 Å². The second kappa shape index (κ2) is 15.3. The third kappa shape index (κ3) is 8.63. The van der Waals surface area contributed by atoms with Gasteiger partial charge in [0.1, 0.15) is 21.4 Å². The fraction of sp³-hybridized carbons (Fsp3) is 0.440. The fourth-order valence-corrected chi connectivity index (χ4v) is 7.06. The van der Waals surface area contributed by atoms with E-state index in [9.17, 15) is 0 Å². The van der Waals surface area contributed by atoms with Gasteiger partial charge in [-0.1, -0.05) is 44.9 Å². The predicted octanol–water partition coefficient (Wildman–Crippen LogP) is 7.91. The molecule has 0 radical (unpaired) electrons. The smallest absolute Gasteiger partial charge is 0.138 e. The van der Waals surface area contributed by atoms with Crippen LogP contribution in [0.4, 0.5) is 0 Å². The van der Waals surface area contributed by atoms with Crippen molar-refractivity contribution in [3.05, 3.63) is 49.1 Å². The maximum atomic E-state index is 4.47. The van der Waals surface area contributed by atoms with E-state index >= 15 is 0 Å². The molecule has 0 fully saturated rings. The summed E-state index contributed by atoms with van der Waals surface area (Å²) >= 11 is 6.22. The molecule has 0 aromatic carbocycles. The molecule has 0 bridgehead atoms. The Kier molecular flexibility index (Phi) is 11.4. The number of thioether (sulfide) groups is 2. The number of pyridine rings is 2. The van der Waals surface area contributed by atoms with Crippen molar-refractivity contribution in [2.45, 2.75) is 67.8 Å². The topological polar surface area (TPSA) is 77.3 Å². The molecule has 0 aliphatic carbocycles. The first-order chi connectivity index (χ1) is 17.4. The van der Waals surface area contributed by atoms with Gasteiger partial charge in [0.15, 0.2) is 0 Å². The maximum Gasteiger partial charge on any atom is 0.138 e. The highest BCUT2D eigenvalue weighted by Gasteiger charge is 2.12. The molecule has 0 N–H and O–H groups in total. The van der Waals surface area contributed by atoms with Crippen LogP contribution in [0.3, 0.4) is 0 Å². The van der Waals surface area contributed by atoms with Crippen LogP contribution in [0, 0.1) is 0 Å². The molecule has 4 aromatic heterocycles. The number of aromatic nitrogens is 6. The Morgan fingerprint density at radius 1 is 0.543 bits per heavy atom. The molecule has 0 atom stereocenters. The Labute approximate surface area is 224 Å². The van der Waals surface area contributed by atoms with E-state index in [-0.39, 0.29) is 0 Å². The number of nitrogens with zero attached hydrogens (tertiary/aromatic N) is 6. The lowest BCUT2D eigenvalue weighted by Crippen LogP contribution is -1.87. The quantitative estimate of drug-likeness (QED) is 0.104. The SMILES string of the molecule is c1cncc(-c2nsnc2SCCCCCCCCCCCSc2nsnc2-c2cccnc2)c1. The molecule has 4 rings (SSSR count). The highest BCUT2D eigenvalue weighted by atomic mass is 32.2. The summed E-state index contributed by atoms with van der Waals surface area (Å²) in [6, 6.07) is 7.99.